The van der Waals surface area contributed by atoms with Gasteiger partial charge in [0, 0.05) is 3.57 Å². The molecule has 0 aromatic heterocycles. The number of carboxylic acids is 1. The summed E-state index contributed by atoms with van der Waals surface area (Å²) in [4.78, 5) is 39.2. The van der Waals surface area contributed by atoms with Gasteiger partial charge in [-0.1, -0.05) is 0 Å². The van der Waals surface area contributed by atoms with Crippen LogP contribution in [0.25, 0.3) is 0 Å². The van der Waals surface area contributed by atoms with Crippen LogP contribution in [0.4, 0.5) is 5.69 Å². The fraction of sp³-hybridized carbons (Fsp3) is 0.438. The van der Waals surface area contributed by atoms with Crippen LogP contribution in [0.15, 0.2) is 24.3 Å². The molecule has 2 aliphatic heterocycles. The minimum atomic E-state index is -0.779. The molecule has 1 atom stereocenters. The highest BCUT2D eigenvalue weighted by Gasteiger charge is 2.43. The summed E-state index contributed by atoms with van der Waals surface area (Å²) in [6, 6.07) is 6.81. The van der Waals surface area contributed by atoms with E-state index in [1.165, 1.54) is 4.90 Å². The lowest BCUT2D eigenvalue weighted by molar-refractivity contribution is -0.143. The highest BCUT2D eigenvalue weighted by molar-refractivity contribution is 14.1. The molecular weight excluding hydrogens is 411 g/mol. The average molecular weight is 428 g/mol. The number of carbonyl (C=O) groups excluding carboxylic acids is 2. The Balaban J connectivity index is 1.72. The van der Waals surface area contributed by atoms with Crippen molar-refractivity contribution in [3.63, 3.8) is 0 Å². The first-order valence-electron chi connectivity index (χ1n) is 7.56. The lowest BCUT2D eigenvalue weighted by atomic mass is 9.96. The van der Waals surface area contributed by atoms with Crippen molar-refractivity contribution in [3.05, 3.63) is 27.8 Å². The van der Waals surface area contributed by atoms with E-state index < -0.39 is 12.0 Å². The number of halogens is 1. The Kier molecular flexibility index (Phi) is 4.67. The van der Waals surface area contributed by atoms with Gasteiger partial charge in [0.1, 0.15) is 0 Å². The van der Waals surface area contributed by atoms with Crippen LogP contribution in [-0.2, 0) is 14.4 Å². The molecule has 23 heavy (non-hydrogen) atoms. The maximum absolute atomic E-state index is 12.7. The number of aliphatic carboxylic acids is 1. The summed E-state index contributed by atoms with van der Waals surface area (Å²) >= 11 is 2.17. The van der Waals surface area contributed by atoms with E-state index >= 15 is 0 Å². The predicted octanol–water partition coefficient (Wildman–Crippen LogP) is 1.72. The minimum Gasteiger partial charge on any atom is -0.481 e. The summed E-state index contributed by atoms with van der Waals surface area (Å²) in [5.41, 5.74) is 0.600. The van der Waals surface area contributed by atoms with Crippen molar-refractivity contribution < 1.29 is 19.5 Å². The first-order valence-corrected chi connectivity index (χ1v) is 8.64. The third-order valence-corrected chi connectivity index (χ3v) is 5.25. The number of carbonyl (C=O) groups is 3. The van der Waals surface area contributed by atoms with Gasteiger partial charge in [0.2, 0.25) is 5.91 Å². The topological polar surface area (TPSA) is 77.9 Å². The molecule has 0 saturated carbocycles. The van der Waals surface area contributed by atoms with Gasteiger partial charge in [-0.25, -0.2) is 4.90 Å². The van der Waals surface area contributed by atoms with E-state index in [0.717, 1.165) is 3.57 Å². The Morgan fingerprint density at radius 3 is 2.30 bits per heavy atom. The number of amides is 2. The number of hydrogen-bond donors (Lipinski definition) is 1. The van der Waals surface area contributed by atoms with Crippen LogP contribution in [0.3, 0.4) is 0 Å². The second kappa shape index (κ2) is 6.56. The van der Waals surface area contributed by atoms with Crippen LogP contribution in [0.5, 0.6) is 0 Å². The van der Waals surface area contributed by atoms with Gasteiger partial charge < -0.3 is 5.11 Å². The van der Waals surface area contributed by atoms with Gasteiger partial charge in [0.05, 0.1) is 24.1 Å². The summed E-state index contributed by atoms with van der Waals surface area (Å²) < 4.78 is 1.04. The Bertz CT molecular complexity index is 638. The predicted molar refractivity (Wildman–Crippen MR) is 92.0 cm³/mol. The minimum absolute atomic E-state index is 0.169. The number of carboxylic acid groups (broad SMARTS) is 1. The Labute approximate surface area is 147 Å². The maximum atomic E-state index is 12.7. The van der Waals surface area contributed by atoms with Crippen molar-refractivity contribution in [3.8, 4) is 0 Å². The SMILES string of the molecule is O=C(O)C1CCN([C@@H]2CC(=O)N(c3ccc(I)cc3)C2=O)CC1. The number of likely N-dealkylation sites (tertiary alicyclic amines) is 1. The molecule has 1 aromatic rings. The molecule has 7 heteroatoms. The summed E-state index contributed by atoms with van der Waals surface area (Å²) in [5, 5.41) is 9.05. The summed E-state index contributed by atoms with van der Waals surface area (Å²) in [6.45, 7) is 1.09. The maximum Gasteiger partial charge on any atom is 0.306 e. The average Bonchev–Trinajstić information content (AvgIpc) is 2.83. The number of anilines is 1. The molecule has 0 unspecified atom stereocenters. The molecule has 122 valence electrons. The van der Waals surface area contributed by atoms with Gasteiger partial charge in [-0.15, -0.1) is 0 Å². The van der Waals surface area contributed by atoms with Crippen molar-refractivity contribution in [2.75, 3.05) is 18.0 Å². The second-order valence-corrected chi connectivity index (χ2v) is 7.16. The molecular formula is C16H17IN2O4. The molecule has 3 rings (SSSR count). The van der Waals surface area contributed by atoms with Crippen molar-refractivity contribution in [2.24, 2.45) is 5.92 Å². The van der Waals surface area contributed by atoms with Gasteiger partial charge in [0.15, 0.2) is 0 Å². The summed E-state index contributed by atoms with van der Waals surface area (Å²) in [5.74, 6) is -1.52. The molecule has 2 saturated heterocycles. The number of imide groups is 1. The van der Waals surface area contributed by atoms with Crippen LogP contribution in [0.2, 0.25) is 0 Å². The fourth-order valence-corrected chi connectivity index (χ4v) is 3.58. The number of piperidine rings is 1. The van der Waals surface area contributed by atoms with Crippen LogP contribution < -0.4 is 4.90 Å². The van der Waals surface area contributed by atoms with Gasteiger partial charge in [-0.3, -0.25) is 19.3 Å². The summed E-state index contributed by atoms with van der Waals surface area (Å²) in [7, 11) is 0. The highest BCUT2D eigenvalue weighted by atomic mass is 127. The molecule has 6 nitrogen and oxygen atoms in total. The van der Waals surface area contributed by atoms with Crippen LogP contribution in [0.1, 0.15) is 19.3 Å². The monoisotopic (exact) mass is 428 g/mol. The molecule has 0 radical (unpaired) electrons. The van der Waals surface area contributed by atoms with Gasteiger partial charge in [-0.05, 0) is 72.8 Å². The van der Waals surface area contributed by atoms with Gasteiger partial charge >= 0.3 is 5.97 Å². The third-order valence-electron chi connectivity index (χ3n) is 4.53. The molecule has 2 aliphatic rings. The Morgan fingerprint density at radius 1 is 1.13 bits per heavy atom. The van der Waals surface area contributed by atoms with E-state index in [9.17, 15) is 14.4 Å². The zero-order valence-electron chi connectivity index (χ0n) is 12.4. The number of nitrogens with zero attached hydrogens (tertiary/aromatic N) is 2. The lowest BCUT2D eigenvalue weighted by Crippen LogP contribution is -2.46. The molecule has 2 fully saturated rings. The van der Waals surface area contributed by atoms with Crippen molar-refractivity contribution in [1.29, 1.82) is 0 Å². The van der Waals surface area contributed by atoms with Crippen molar-refractivity contribution in [2.45, 2.75) is 25.3 Å². The van der Waals surface area contributed by atoms with E-state index in [0.29, 0.717) is 31.6 Å². The standard InChI is InChI=1S/C16H17IN2O4/c17-11-1-3-12(4-2-11)19-14(20)9-13(15(19)21)18-7-5-10(6-8-18)16(22)23/h1-4,10,13H,5-9H2,(H,22,23)/t13-/m1/s1. The number of benzene rings is 1. The summed E-state index contributed by atoms with van der Waals surface area (Å²) in [6.07, 6.45) is 1.22. The molecule has 2 amide bonds. The zero-order chi connectivity index (χ0) is 16.6. The molecule has 1 aromatic carbocycles. The van der Waals surface area contributed by atoms with Crippen molar-refractivity contribution in [1.82, 2.24) is 4.90 Å². The molecule has 0 aliphatic carbocycles. The smallest absolute Gasteiger partial charge is 0.306 e. The lowest BCUT2D eigenvalue weighted by Gasteiger charge is -2.33. The fourth-order valence-electron chi connectivity index (χ4n) is 3.22. The van der Waals surface area contributed by atoms with Crippen LogP contribution in [-0.4, -0.2) is 46.9 Å². The van der Waals surface area contributed by atoms with Gasteiger partial charge in [-0.2, -0.15) is 0 Å². The van der Waals surface area contributed by atoms with Crippen LogP contribution >= 0.6 is 22.6 Å². The molecule has 2 heterocycles. The first-order chi connectivity index (χ1) is 11.0. The normalized spacial score (nSPS) is 23.5. The van der Waals surface area contributed by atoms with E-state index in [2.05, 4.69) is 22.6 Å². The van der Waals surface area contributed by atoms with E-state index in [1.54, 1.807) is 12.1 Å². The Hall–Kier alpha value is -1.48. The molecule has 0 bridgehead atoms. The third kappa shape index (κ3) is 3.25. The Morgan fingerprint density at radius 2 is 1.74 bits per heavy atom. The molecule has 0 spiro atoms. The highest BCUT2D eigenvalue weighted by Crippen LogP contribution is 2.29. The van der Waals surface area contributed by atoms with E-state index in [4.69, 9.17) is 5.11 Å². The second-order valence-electron chi connectivity index (χ2n) is 5.91. The zero-order valence-corrected chi connectivity index (χ0v) is 14.6. The largest absolute Gasteiger partial charge is 0.481 e. The van der Waals surface area contributed by atoms with E-state index in [-0.39, 0.29) is 24.2 Å². The number of hydrogen-bond acceptors (Lipinski definition) is 4. The van der Waals surface area contributed by atoms with Gasteiger partial charge in [0.25, 0.3) is 5.91 Å². The first kappa shape index (κ1) is 16.4. The van der Waals surface area contributed by atoms with Crippen molar-refractivity contribution >= 4 is 46.1 Å². The molecule has 1 N–H and O–H groups in total. The number of rotatable bonds is 3. The quantitative estimate of drug-likeness (QED) is 0.586. The van der Waals surface area contributed by atoms with E-state index in [1.807, 2.05) is 17.0 Å². The van der Waals surface area contributed by atoms with Crippen LogP contribution in [0, 0.1) is 9.49 Å².